The number of amides is 3. The van der Waals surface area contributed by atoms with Crippen LogP contribution >= 0.6 is 0 Å². The van der Waals surface area contributed by atoms with Crippen molar-refractivity contribution in [1.82, 2.24) is 10.2 Å². The van der Waals surface area contributed by atoms with Crippen molar-refractivity contribution in [2.75, 3.05) is 18.5 Å². The number of nitrogens with one attached hydrogen (secondary N) is 2. The Morgan fingerprint density at radius 3 is 2.06 bits per heavy atom. The fraction of sp³-hybridized carbons (Fsp3) is 0.464. The van der Waals surface area contributed by atoms with Gasteiger partial charge in [0.15, 0.2) is 0 Å². The maximum absolute atomic E-state index is 13.7. The second kappa shape index (κ2) is 12.5. The summed E-state index contributed by atoms with van der Waals surface area (Å²) in [6.07, 6.45) is 0.0114. The molecule has 2 rings (SSSR count). The maximum Gasteiger partial charge on any atom is 0.408 e. The lowest BCUT2D eigenvalue weighted by molar-refractivity contribution is -0.141. The van der Waals surface area contributed by atoms with Crippen LogP contribution in [0, 0.1) is 13.8 Å². The van der Waals surface area contributed by atoms with E-state index in [4.69, 9.17) is 4.74 Å². The maximum atomic E-state index is 13.7. The number of hydrogen-bond donors (Lipinski definition) is 3. The summed E-state index contributed by atoms with van der Waals surface area (Å²) in [7, 11) is 0. The summed E-state index contributed by atoms with van der Waals surface area (Å²) in [6, 6.07) is 11.0. The van der Waals surface area contributed by atoms with Gasteiger partial charge in [0, 0.05) is 12.2 Å². The number of anilines is 1. The van der Waals surface area contributed by atoms with Crippen LogP contribution in [0.5, 0.6) is 0 Å². The fourth-order valence-corrected chi connectivity index (χ4v) is 3.91. The van der Waals surface area contributed by atoms with Gasteiger partial charge in [-0.25, -0.2) is 4.79 Å². The van der Waals surface area contributed by atoms with Crippen molar-refractivity contribution in [3.05, 3.63) is 64.7 Å². The van der Waals surface area contributed by atoms with E-state index in [9.17, 15) is 19.5 Å². The number of benzene rings is 2. The summed E-state index contributed by atoms with van der Waals surface area (Å²) in [5, 5.41) is 15.4. The third-order valence-corrected chi connectivity index (χ3v) is 5.79. The average Bonchev–Trinajstić information content (AvgIpc) is 2.81. The van der Waals surface area contributed by atoms with E-state index in [2.05, 4.69) is 10.6 Å². The first-order valence-corrected chi connectivity index (χ1v) is 12.3. The third-order valence-electron chi connectivity index (χ3n) is 5.79. The van der Waals surface area contributed by atoms with Gasteiger partial charge in [0.1, 0.15) is 17.7 Å². The lowest BCUT2D eigenvalue weighted by Gasteiger charge is -2.33. The van der Waals surface area contributed by atoms with Crippen LogP contribution < -0.4 is 10.6 Å². The molecular weight excluding hydrogens is 458 g/mol. The molecule has 2 aromatic rings. The molecule has 8 nitrogen and oxygen atoms in total. The number of nitrogens with zero attached hydrogens (tertiary/aromatic N) is 1. The summed E-state index contributed by atoms with van der Waals surface area (Å²) >= 11 is 0. The van der Waals surface area contributed by atoms with Gasteiger partial charge in [0.25, 0.3) is 5.91 Å². The highest BCUT2D eigenvalue weighted by atomic mass is 16.6. The highest BCUT2D eigenvalue weighted by Gasteiger charge is 2.35. The van der Waals surface area contributed by atoms with Crippen LogP contribution in [0.25, 0.3) is 0 Å². The molecule has 0 spiro atoms. The van der Waals surface area contributed by atoms with E-state index >= 15 is 0 Å². The van der Waals surface area contributed by atoms with Crippen molar-refractivity contribution in [2.45, 2.75) is 72.6 Å². The molecule has 0 aliphatic rings. The predicted molar refractivity (Wildman–Crippen MR) is 141 cm³/mol. The highest BCUT2D eigenvalue weighted by molar-refractivity contribution is 5.99. The number of ether oxygens (including phenoxy) is 1. The van der Waals surface area contributed by atoms with E-state index in [0.717, 1.165) is 23.1 Å². The SMILES string of the molecule is CCc1ccc(C(C(=O)Nc2c(C)cccc2C)N(CC)C(=O)C(CO)NC(=O)OC(C)(C)C)cc1. The summed E-state index contributed by atoms with van der Waals surface area (Å²) in [5.41, 5.74) is 3.44. The van der Waals surface area contributed by atoms with Gasteiger partial charge < -0.3 is 25.4 Å². The first-order chi connectivity index (χ1) is 16.9. The number of rotatable bonds is 9. The standard InChI is InChI=1S/C28H39N3O5/c1-8-20-13-15-21(16-14-20)24(25(33)30-23-18(3)11-10-12-19(23)4)31(9-2)26(34)22(17-32)29-27(35)36-28(5,6)7/h10-16,22,24,32H,8-9,17H2,1-7H3,(H,29,35)(H,30,33). The number of likely N-dealkylation sites (N-methyl/N-ethyl adjacent to an activating group) is 1. The predicted octanol–water partition coefficient (Wildman–Crippen LogP) is 4.28. The Bertz CT molecular complexity index is 1040. The minimum absolute atomic E-state index is 0.172. The van der Waals surface area contributed by atoms with Gasteiger partial charge in [-0.3, -0.25) is 9.59 Å². The molecule has 0 aliphatic carbocycles. The molecule has 3 amide bonds. The van der Waals surface area contributed by atoms with Gasteiger partial charge in [-0.2, -0.15) is 0 Å². The Balaban J connectivity index is 2.44. The van der Waals surface area contributed by atoms with Crippen molar-refractivity contribution in [1.29, 1.82) is 0 Å². The summed E-state index contributed by atoms with van der Waals surface area (Å²) in [4.78, 5) is 40.9. The topological polar surface area (TPSA) is 108 Å². The van der Waals surface area contributed by atoms with E-state index < -0.39 is 36.3 Å². The van der Waals surface area contributed by atoms with E-state index in [1.54, 1.807) is 27.7 Å². The van der Waals surface area contributed by atoms with Gasteiger partial charge in [0.05, 0.1) is 6.61 Å². The molecular formula is C28H39N3O5. The molecule has 2 atom stereocenters. The van der Waals surface area contributed by atoms with Gasteiger partial charge in [-0.05, 0) is 70.2 Å². The van der Waals surface area contributed by atoms with Gasteiger partial charge in [0.2, 0.25) is 5.91 Å². The number of aliphatic hydroxyl groups is 1. The van der Waals surface area contributed by atoms with Crippen LogP contribution in [-0.2, 0) is 20.7 Å². The Morgan fingerprint density at radius 1 is 1.00 bits per heavy atom. The number of hydrogen-bond acceptors (Lipinski definition) is 5. The van der Waals surface area contributed by atoms with E-state index in [1.165, 1.54) is 4.90 Å². The third kappa shape index (κ3) is 7.55. The molecule has 0 bridgehead atoms. The molecule has 0 aliphatic heterocycles. The number of alkyl carbamates (subject to hydrolysis) is 1. The van der Waals surface area contributed by atoms with Gasteiger partial charge in [-0.15, -0.1) is 0 Å². The first kappa shape index (κ1) is 28.8. The van der Waals surface area contributed by atoms with Gasteiger partial charge >= 0.3 is 6.09 Å². The zero-order chi connectivity index (χ0) is 27.0. The zero-order valence-electron chi connectivity index (χ0n) is 22.3. The Labute approximate surface area is 214 Å². The van der Waals surface area contributed by atoms with Crippen LogP contribution in [-0.4, -0.2) is 52.7 Å². The van der Waals surface area contributed by atoms with Crippen LogP contribution in [0.2, 0.25) is 0 Å². The minimum Gasteiger partial charge on any atom is -0.444 e. The molecule has 0 radical (unpaired) electrons. The smallest absolute Gasteiger partial charge is 0.408 e. The van der Waals surface area contributed by atoms with Crippen molar-refractivity contribution >= 4 is 23.6 Å². The lowest BCUT2D eigenvalue weighted by atomic mass is 10.00. The van der Waals surface area contributed by atoms with Crippen LogP contribution in [0.15, 0.2) is 42.5 Å². The van der Waals surface area contributed by atoms with E-state index in [1.807, 2.05) is 63.2 Å². The lowest BCUT2D eigenvalue weighted by Crippen LogP contribution is -2.53. The Kier molecular flexibility index (Phi) is 10.0. The minimum atomic E-state index is -1.27. The van der Waals surface area contributed by atoms with Crippen LogP contribution in [0.1, 0.15) is 62.9 Å². The molecule has 0 heterocycles. The molecule has 0 saturated carbocycles. The molecule has 0 fully saturated rings. The van der Waals surface area contributed by atoms with Crippen LogP contribution in [0.4, 0.5) is 10.5 Å². The van der Waals surface area contributed by atoms with E-state index in [-0.39, 0.29) is 12.5 Å². The zero-order valence-corrected chi connectivity index (χ0v) is 22.3. The average molecular weight is 498 g/mol. The second-order valence-corrected chi connectivity index (χ2v) is 9.76. The molecule has 196 valence electrons. The molecule has 0 saturated heterocycles. The van der Waals surface area contributed by atoms with Gasteiger partial charge in [-0.1, -0.05) is 49.4 Å². The Hall–Kier alpha value is -3.39. The first-order valence-electron chi connectivity index (χ1n) is 12.3. The van der Waals surface area contributed by atoms with Crippen molar-refractivity contribution in [3.8, 4) is 0 Å². The molecule has 0 aromatic heterocycles. The Morgan fingerprint density at radius 2 is 1.58 bits per heavy atom. The number of para-hydroxylation sites is 1. The molecule has 2 unspecified atom stereocenters. The molecule has 8 heteroatoms. The largest absolute Gasteiger partial charge is 0.444 e. The number of aryl methyl sites for hydroxylation is 3. The van der Waals surface area contributed by atoms with Crippen LogP contribution in [0.3, 0.4) is 0 Å². The quantitative estimate of drug-likeness (QED) is 0.479. The fourth-order valence-electron chi connectivity index (χ4n) is 3.91. The van der Waals surface area contributed by atoms with Crippen molar-refractivity contribution in [2.24, 2.45) is 0 Å². The molecule has 36 heavy (non-hydrogen) atoms. The number of carbonyl (C=O) groups is 3. The highest BCUT2D eigenvalue weighted by Crippen LogP contribution is 2.27. The van der Waals surface area contributed by atoms with Crippen molar-refractivity contribution in [3.63, 3.8) is 0 Å². The monoisotopic (exact) mass is 497 g/mol. The van der Waals surface area contributed by atoms with E-state index in [0.29, 0.717) is 11.3 Å². The number of carbonyl (C=O) groups excluding carboxylic acids is 3. The summed E-state index contributed by atoms with van der Waals surface area (Å²) in [6.45, 7) is 12.2. The molecule has 2 aromatic carbocycles. The second-order valence-electron chi connectivity index (χ2n) is 9.76. The summed E-state index contributed by atoms with van der Waals surface area (Å²) < 4.78 is 5.25. The van der Waals surface area contributed by atoms with Crippen molar-refractivity contribution < 1.29 is 24.2 Å². The number of aliphatic hydroxyl groups excluding tert-OH is 1. The summed E-state index contributed by atoms with van der Waals surface area (Å²) in [5.74, 6) is -0.979. The molecule has 3 N–H and O–H groups in total. The normalized spacial score (nSPS) is 12.9.